The van der Waals surface area contributed by atoms with Crippen molar-refractivity contribution >= 4 is 17.6 Å². The van der Waals surface area contributed by atoms with Gasteiger partial charge in [0, 0.05) is 24.4 Å². The molecule has 200 valence electrons. The van der Waals surface area contributed by atoms with Crippen molar-refractivity contribution in [3.63, 3.8) is 0 Å². The van der Waals surface area contributed by atoms with Crippen LogP contribution < -0.4 is 10.8 Å². The molecule has 2 N–H and O–H groups in total. The van der Waals surface area contributed by atoms with Gasteiger partial charge in [-0.25, -0.2) is 15.1 Å². The number of Topliss-reactive ketones (excluding diaryl/α,β-unsaturated/α-hetero) is 1. The quantitative estimate of drug-likeness (QED) is 0.239. The van der Waals surface area contributed by atoms with Gasteiger partial charge in [-0.05, 0) is 29.2 Å². The standard InChI is InChI=1S/C30H31N5O4/c1-30(2,3)20-39-34-29(38)26(36)25(19-21-11-6-4-7-12-21)32-28(37)23-15-10-17-31-27(23)35-18-16-24(33-35)22-13-8-5-9-14-22/h4-18,25H,19-20H2,1-3H3,(H,32,37)(H,34,38)/t25-/m0/s1. The molecule has 4 aromatic rings. The number of hydroxylamine groups is 1. The number of amides is 2. The van der Waals surface area contributed by atoms with Gasteiger partial charge in [0.25, 0.3) is 5.91 Å². The molecule has 0 aliphatic rings. The van der Waals surface area contributed by atoms with Crippen molar-refractivity contribution in [1.29, 1.82) is 0 Å². The molecule has 0 fully saturated rings. The lowest BCUT2D eigenvalue weighted by Gasteiger charge is -2.20. The topological polar surface area (TPSA) is 115 Å². The van der Waals surface area contributed by atoms with Gasteiger partial charge in [0.1, 0.15) is 6.04 Å². The second kappa shape index (κ2) is 12.3. The molecule has 0 spiro atoms. The maximum atomic E-state index is 13.5. The van der Waals surface area contributed by atoms with Crippen LogP contribution in [0.1, 0.15) is 36.7 Å². The molecular formula is C30H31N5O4. The maximum absolute atomic E-state index is 13.5. The average molecular weight is 526 g/mol. The predicted molar refractivity (Wildman–Crippen MR) is 147 cm³/mol. The fourth-order valence-corrected chi connectivity index (χ4v) is 3.78. The normalized spacial score (nSPS) is 12.0. The molecule has 2 aromatic heterocycles. The first-order valence-corrected chi connectivity index (χ1v) is 12.6. The Morgan fingerprint density at radius 1 is 0.923 bits per heavy atom. The first-order chi connectivity index (χ1) is 18.7. The summed E-state index contributed by atoms with van der Waals surface area (Å²) in [5.41, 5.74) is 4.63. The van der Waals surface area contributed by atoms with Gasteiger partial charge in [-0.2, -0.15) is 5.10 Å². The van der Waals surface area contributed by atoms with E-state index in [-0.39, 0.29) is 24.0 Å². The summed E-state index contributed by atoms with van der Waals surface area (Å²) >= 11 is 0. The molecule has 2 aromatic carbocycles. The van der Waals surface area contributed by atoms with E-state index in [0.717, 1.165) is 16.8 Å². The van der Waals surface area contributed by atoms with Crippen LogP contribution in [0.5, 0.6) is 0 Å². The van der Waals surface area contributed by atoms with Gasteiger partial charge >= 0.3 is 5.91 Å². The maximum Gasteiger partial charge on any atom is 0.313 e. The first kappa shape index (κ1) is 27.4. The molecule has 0 aliphatic heterocycles. The highest BCUT2D eigenvalue weighted by atomic mass is 16.7. The van der Waals surface area contributed by atoms with Crippen molar-refractivity contribution in [2.75, 3.05) is 6.61 Å². The Morgan fingerprint density at radius 3 is 2.31 bits per heavy atom. The van der Waals surface area contributed by atoms with Gasteiger partial charge in [-0.15, -0.1) is 0 Å². The molecule has 4 rings (SSSR count). The summed E-state index contributed by atoms with van der Waals surface area (Å²) in [6.07, 6.45) is 3.39. The van der Waals surface area contributed by atoms with Crippen LogP contribution in [0.4, 0.5) is 0 Å². The van der Waals surface area contributed by atoms with Crippen LogP contribution in [-0.2, 0) is 20.8 Å². The van der Waals surface area contributed by atoms with Crippen molar-refractivity contribution < 1.29 is 19.2 Å². The van der Waals surface area contributed by atoms with E-state index < -0.39 is 23.6 Å². The number of benzene rings is 2. The number of hydrogen-bond acceptors (Lipinski definition) is 6. The summed E-state index contributed by atoms with van der Waals surface area (Å²) in [6.45, 7) is 6.03. The van der Waals surface area contributed by atoms with E-state index in [1.807, 2.05) is 87.5 Å². The molecule has 0 unspecified atom stereocenters. The van der Waals surface area contributed by atoms with Crippen molar-refractivity contribution in [3.05, 3.63) is 102 Å². The second-order valence-electron chi connectivity index (χ2n) is 10.2. The molecule has 9 nitrogen and oxygen atoms in total. The molecule has 0 saturated heterocycles. The number of carbonyl (C=O) groups is 3. The van der Waals surface area contributed by atoms with Crippen LogP contribution in [-0.4, -0.2) is 45.0 Å². The summed E-state index contributed by atoms with van der Waals surface area (Å²) in [6, 6.07) is 22.7. The Hall–Kier alpha value is -4.63. The number of nitrogens with one attached hydrogen (secondary N) is 2. The predicted octanol–water partition coefficient (Wildman–Crippen LogP) is 3.94. The minimum atomic E-state index is -1.14. The highest BCUT2D eigenvalue weighted by molar-refractivity contribution is 6.38. The third kappa shape index (κ3) is 7.45. The summed E-state index contributed by atoms with van der Waals surface area (Å²) in [4.78, 5) is 48.9. The third-order valence-corrected chi connectivity index (χ3v) is 5.71. The van der Waals surface area contributed by atoms with Crippen LogP contribution in [0.3, 0.4) is 0 Å². The second-order valence-corrected chi connectivity index (χ2v) is 10.2. The van der Waals surface area contributed by atoms with E-state index >= 15 is 0 Å². The van der Waals surface area contributed by atoms with Crippen LogP contribution >= 0.6 is 0 Å². The van der Waals surface area contributed by atoms with Crippen LogP contribution in [0.2, 0.25) is 0 Å². The molecule has 0 aliphatic carbocycles. The Balaban J connectivity index is 1.56. The van der Waals surface area contributed by atoms with E-state index in [1.165, 1.54) is 4.68 Å². The number of nitrogens with zero attached hydrogens (tertiary/aromatic N) is 3. The number of ketones is 1. The van der Waals surface area contributed by atoms with Crippen LogP contribution in [0.25, 0.3) is 17.1 Å². The van der Waals surface area contributed by atoms with E-state index in [0.29, 0.717) is 5.82 Å². The van der Waals surface area contributed by atoms with Gasteiger partial charge in [-0.3, -0.25) is 19.2 Å². The van der Waals surface area contributed by atoms with E-state index in [9.17, 15) is 14.4 Å². The van der Waals surface area contributed by atoms with Crippen molar-refractivity contribution in [2.24, 2.45) is 5.41 Å². The molecule has 0 radical (unpaired) electrons. The van der Waals surface area contributed by atoms with Crippen LogP contribution in [0.15, 0.2) is 91.3 Å². The highest BCUT2D eigenvalue weighted by Crippen LogP contribution is 2.19. The molecule has 1 atom stereocenters. The zero-order valence-electron chi connectivity index (χ0n) is 22.1. The fourth-order valence-electron chi connectivity index (χ4n) is 3.78. The van der Waals surface area contributed by atoms with E-state index in [2.05, 4.69) is 20.9 Å². The molecule has 2 heterocycles. The lowest BCUT2D eigenvalue weighted by atomic mass is 9.99. The zero-order valence-corrected chi connectivity index (χ0v) is 22.1. The van der Waals surface area contributed by atoms with Gasteiger partial charge in [0.2, 0.25) is 5.78 Å². The number of pyridine rings is 1. The lowest BCUT2D eigenvalue weighted by molar-refractivity contribution is -0.148. The minimum Gasteiger partial charge on any atom is -0.341 e. The molecule has 0 saturated carbocycles. The fraction of sp³-hybridized carbons (Fsp3) is 0.233. The van der Waals surface area contributed by atoms with E-state index in [4.69, 9.17) is 4.84 Å². The minimum absolute atomic E-state index is 0.119. The Kier molecular flexibility index (Phi) is 8.63. The largest absolute Gasteiger partial charge is 0.341 e. The van der Waals surface area contributed by atoms with Gasteiger partial charge < -0.3 is 5.32 Å². The summed E-state index contributed by atoms with van der Waals surface area (Å²) in [5, 5.41) is 7.32. The van der Waals surface area contributed by atoms with Gasteiger partial charge in [0.15, 0.2) is 5.82 Å². The Labute approximate surface area is 227 Å². The number of rotatable bonds is 10. The van der Waals surface area contributed by atoms with Crippen LogP contribution in [0, 0.1) is 5.41 Å². The average Bonchev–Trinajstić information content (AvgIpc) is 3.43. The molecular weight excluding hydrogens is 494 g/mol. The molecule has 2 amide bonds. The first-order valence-electron chi connectivity index (χ1n) is 12.6. The summed E-state index contributed by atoms with van der Waals surface area (Å²) < 4.78 is 1.51. The summed E-state index contributed by atoms with van der Waals surface area (Å²) in [5.74, 6) is -2.03. The third-order valence-electron chi connectivity index (χ3n) is 5.71. The Morgan fingerprint density at radius 2 is 1.62 bits per heavy atom. The lowest BCUT2D eigenvalue weighted by Crippen LogP contribution is -2.49. The Bertz CT molecular complexity index is 1430. The van der Waals surface area contributed by atoms with Crippen molar-refractivity contribution in [1.82, 2.24) is 25.6 Å². The smallest absolute Gasteiger partial charge is 0.313 e. The summed E-state index contributed by atoms with van der Waals surface area (Å²) in [7, 11) is 0. The highest BCUT2D eigenvalue weighted by Gasteiger charge is 2.29. The monoisotopic (exact) mass is 525 g/mol. The number of hydrogen-bond donors (Lipinski definition) is 2. The molecule has 9 heteroatoms. The number of carbonyl (C=O) groups excluding carboxylic acids is 3. The van der Waals surface area contributed by atoms with Crippen molar-refractivity contribution in [2.45, 2.75) is 33.2 Å². The number of aromatic nitrogens is 3. The zero-order chi connectivity index (χ0) is 27.8. The van der Waals surface area contributed by atoms with E-state index in [1.54, 1.807) is 24.5 Å². The van der Waals surface area contributed by atoms with Gasteiger partial charge in [0.05, 0.1) is 17.9 Å². The molecule has 39 heavy (non-hydrogen) atoms. The SMILES string of the molecule is CC(C)(C)CONC(=O)C(=O)[C@H](Cc1ccccc1)NC(=O)c1cccnc1-n1ccc(-c2ccccc2)n1. The van der Waals surface area contributed by atoms with Crippen molar-refractivity contribution in [3.8, 4) is 17.1 Å². The molecule has 0 bridgehead atoms. The van der Waals surface area contributed by atoms with Gasteiger partial charge in [-0.1, -0.05) is 81.4 Å².